The van der Waals surface area contributed by atoms with E-state index in [0.717, 1.165) is 10.1 Å². The first-order chi connectivity index (χ1) is 7.66. The van der Waals surface area contributed by atoms with E-state index in [9.17, 15) is 0 Å². The number of fused-ring (bicyclic) bond motifs is 1. The Morgan fingerprint density at radius 3 is 3.12 bits per heavy atom. The summed E-state index contributed by atoms with van der Waals surface area (Å²) in [4.78, 5) is 5.47. The highest BCUT2D eigenvalue weighted by atomic mass is 79.9. The van der Waals surface area contributed by atoms with E-state index in [4.69, 9.17) is 0 Å². The van der Waals surface area contributed by atoms with E-state index in [0.29, 0.717) is 5.54 Å². The quantitative estimate of drug-likeness (QED) is 0.882. The summed E-state index contributed by atoms with van der Waals surface area (Å²) in [6, 6.07) is 2.10. The van der Waals surface area contributed by atoms with Gasteiger partial charge in [-0.15, -0.1) is 0 Å². The predicted molar refractivity (Wildman–Crippen MR) is 69.5 cm³/mol. The number of pyridine rings is 1. The average molecular weight is 298 g/mol. The molecule has 0 aliphatic heterocycles. The Hall–Kier alpha value is -0.520. The molecule has 3 rings (SSSR count). The van der Waals surface area contributed by atoms with Crippen LogP contribution in [0, 0.1) is 0 Å². The molecular formula is C11H12BrN3S. The highest BCUT2D eigenvalue weighted by Gasteiger charge is 2.37. The topological polar surface area (TPSA) is 29.3 Å². The Morgan fingerprint density at radius 1 is 1.56 bits per heavy atom. The van der Waals surface area contributed by atoms with Crippen LogP contribution in [0.15, 0.2) is 34.0 Å². The number of nitrogens with one attached hydrogen (secondary N) is 1. The highest BCUT2D eigenvalue weighted by molar-refractivity contribution is 9.10. The Morgan fingerprint density at radius 2 is 2.38 bits per heavy atom. The first-order valence-corrected chi connectivity index (χ1v) is 6.84. The Labute approximate surface area is 107 Å². The maximum atomic E-state index is 4.27. The molecule has 0 bridgehead atoms. The summed E-state index contributed by atoms with van der Waals surface area (Å²) in [6.07, 6.45) is 8.41. The van der Waals surface area contributed by atoms with Gasteiger partial charge in [-0.1, -0.05) is 0 Å². The largest absolute Gasteiger partial charge is 0.305 e. The minimum atomic E-state index is 0.348. The maximum absolute atomic E-state index is 4.27. The average Bonchev–Trinajstić information content (AvgIpc) is 2.79. The lowest BCUT2D eigenvalue weighted by Gasteiger charge is -2.10. The number of hydrogen-bond acceptors (Lipinski definition) is 3. The van der Waals surface area contributed by atoms with Crippen LogP contribution in [0.2, 0.25) is 0 Å². The monoisotopic (exact) mass is 297 g/mol. The van der Waals surface area contributed by atoms with E-state index in [1.54, 1.807) is 11.9 Å². The molecule has 0 radical (unpaired) electrons. The van der Waals surface area contributed by atoms with Crippen molar-refractivity contribution in [3.8, 4) is 0 Å². The fraction of sp³-hybridized carbons (Fsp3) is 0.364. The van der Waals surface area contributed by atoms with Gasteiger partial charge in [-0.25, -0.2) is 4.98 Å². The van der Waals surface area contributed by atoms with Gasteiger partial charge in [0.25, 0.3) is 0 Å². The minimum absolute atomic E-state index is 0.348. The second kappa shape index (κ2) is 3.75. The van der Waals surface area contributed by atoms with Crippen molar-refractivity contribution < 1.29 is 0 Å². The van der Waals surface area contributed by atoms with Crippen molar-refractivity contribution in [2.24, 2.45) is 0 Å². The maximum Gasteiger partial charge on any atom is 0.151 e. The zero-order valence-corrected chi connectivity index (χ0v) is 11.3. The summed E-state index contributed by atoms with van der Waals surface area (Å²) in [5.74, 6) is 0. The third kappa shape index (κ3) is 1.99. The van der Waals surface area contributed by atoms with Crippen LogP contribution in [-0.2, 0) is 0 Å². The molecule has 84 valence electrons. The summed E-state index contributed by atoms with van der Waals surface area (Å²) in [5.41, 5.74) is 1.31. The third-order valence-electron chi connectivity index (χ3n) is 2.83. The van der Waals surface area contributed by atoms with Crippen molar-refractivity contribution in [3.63, 3.8) is 0 Å². The van der Waals surface area contributed by atoms with Gasteiger partial charge in [0.15, 0.2) is 5.65 Å². The lowest BCUT2D eigenvalue weighted by Crippen LogP contribution is -2.19. The van der Waals surface area contributed by atoms with Crippen LogP contribution in [-0.4, -0.2) is 14.9 Å². The van der Waals surface area contributed by atoms with Gasteiger partial charge in [0.2, 0.25) is 0 Å². The summed E-state index contributed by atoms with van der Waals surface area (Å²) in [5, 5.41) is 0. The second-order valence-electron chi connectivity index (χ2n) is 4.45. The number of imidazole rings is 1. The predicted octanol–water partition coefficient (Wildman–Crippen LogP) is 3.25. The van der Waals surface area contributed by atoms with Gasteiger partial charge in [0.1, 0.15) is 0 Å². The molecule has 0 aromatic carbocycles. The fourth-order valence-electron chi connectivity index (χ4n) is 1.49. The highest BCUT2D eigenvalue weighted by Crippen LogP contribution is 2.37. The van der Waals surface area contributed by atoms with Crippen LogP contribution in [0.1, 0.15) is 19.8 Å². The molecule has 0 atom stereocenters. The molecule has 16 heavy (non-hydrogen) atoms. The summed E-state index contributed by atoms with van der Waals surface area (Å²) >= 11 is 5.23. The van der Waals surface area contributed by atoms with Crippen molar-refractivity contribution >= 4 is 33.5 Å². The number of nitrogens with zero attached hydrogens (tertiary/aromatic N) is 2. The van der Waals surface area contributed by atoms with Crippen molar-refractivity contribution in [1.82, 2.24) is 14.1 Å². The molecule has 1 fully saturated rings. The van der Waals surface area contributed by atoms with Crippen LogP contribution in [0.25, 0.3) is 5.65 Å². The molecule has 0 unspecified atom stereocenters. The van der Waals surface area contributed by atoms with Crippen LogP contribution < -0.4 is 4.72 Å². The molecule has 1 aliphatic rings. The Bertz CT molecular complexity index is 533. The Balaban J connectivity index is 1.86. The number of hydrogen-bond donors (Lipinski definition) is 1. The molecule has 0 spiro atoms. The summed E-state index contributed by atoms with van der Waals surface area (Å²) < 4.78 is 6.56. The van der Waals surface area contributed by atoms with E-state index < -0.39 is 0 Å². The van der Waals surface area contributed by atoms with Crippen molar-refractivity contribution in [3.05, 3.63) is 29.1 Å². The number of aromatic nitrogens is 2. The number of rotatable bonds is 3. The third-order valence-corrected chi connectivity index (χ3v) is 4.47. The van der Waals surface area contributed by atoms with Crippen LogP contribution in [0.4, 0.5) is 0 Å². The molecule has 2 aromatic heterocycles. The van der Waals surface area contributed by atoms with E-state index in [1.165, 1.54) is 17.7 Å². The molecule has 1 saturated carbocycles. The van der Waals surface area contributed by atoms with Crippen molar-refractivity contribution in [1.29, 1.82) is 0 Å². The molecular weight excluding hydrogens is 286 g/mol. The lowest BCUT2D eigenvalue weighted by atomic mass is 10.4. The normalized spacial score (nSPS) is 17.9. The zero-order valence-electron chi connectivity index (χ0n) is 8.90. The van der Waals surface area contributed by atoms with E-state index in [1.807, 2.05) is 16.8 Å². The van der Waals surface area contributed by atoms with E-state index in [2.05, 4.69) is 44.8 Å². The van der Waals surface area contributed by atoms with Gasteiger partial charge >= 0.3 is 0 Å². The first kappa shape index (κ1) is 10.6. The van der Waals surface area contributed by atoms with Gasteiger partial charge < -0.3 is 4.40 Å². The molecule has 3 nitrogen and oxygen atoms in total. The van der Waals surface area contributed by atoms with E-state index in [-0.39, 0.29) is 0 Å². The van der Waals surface area contributed by atoms with Crippen LogP contribution >= 0.6 is 27.9 Å². The summed E-state index contributed by atoms with van der Waals surface area (Å²) in [6.45, 7) is 2.25. The van der Waals surface area contributed by atoms with Gasteiger partial charge in [-0.2, -0.15) is 0 Å². The van der Waals surface area contributed by atoms with Gasteiger partial charge in [0.05, 0.1) is 4.47 Å². The standard InChI is InChI=1S/C11H12BrN3S/c1-11(2-3-11)14-16-8-6-9(12)10-13-4-5-15(10)7-8/h4-7,14H,2-3H2,1H3. The van der Waals surface area contributed by atoms with Gasteiger partial charge in [-0.05, 0) is 53.7 Å². The summed E-state index contributed by atoms with van der Waals surface area (Å²) in [7, 11) is 0. The molecule has 5 heteroatoms. The van der Waals surface area contributed by atoms with Crippen LogP contribution in [0.3, 0.4) is 0 Å². The molecule has 0 saturated heterocycles. The smallest absolute Gasteiger partial charge is 0.151 e. The molecule has 2 heterocycles. The molecule has 2 aromatic rings. The number of halogens is 1. The van der Waals surface area contributed by atoms with Crippen molar-refractivity contribution in [2.75, 3.05) is 0 Å². The second-order valence-corrected chi connectivity index (χ2v) is 6.18. The molecule has 1 N–H and O–H groups in total. The SMILES string of the molecule is CC1(NSc2cc(Br)c3nccn3c2)CC1. The van der Waals surface area contributed by atoms with E-state index >= 15 is 0 Å². The van der Waals surface area contributed by atoms with Crippen molar-refractivity contribution in [2.45, 2.75) is 30.2 Å². The molecule has 0 amide bonds. The van der Waals surface area contributed by atoms with Crippen LogP contribution in [0.5, 0.6) is 0 Å². The molecule has 1 aliphatic carbocycles. The lowest BCUT2D eigenvalue weighted by molar-refractivity contribution is 0.701. The minimum Gasteiger partial charge on any atom is -0.305 e. The Kier molecular flexibility index (Phi) is 2.49. The first-order valence-electron chi connectivity index (χ1n) is 5.23. The fourth-order valence-corrected chi connectivity index (χ4v) is 3.11. The zero-order chi connectivity index (χ0) is 11.2. The van der Waals surface area contributed by atoms with Gasteiger partial charge in [-0.3, -0.25) is 4.72 Å². The van der Waals surface area contributed by atoms with Gasteiger partial charge in [0, 0.05) is 29.0 Å².